The monoisotopic (exact) mass is 164 g/mol. The molecule has 0 aliphatic heterocycles. The second-order valence-corrected chi connectivity index (χ2v) is 3.69. The number of rotatable bonds is 4. The molecule has 0 heterocycles. The van der Waals surface area contributed by atoms with Crippen molar-refractivity contribution in [2.75, 3.05) is 11.5 Å². The second kappa shape index (κ2) is 4.40. The summed E-state index contributed by atoms with van der Waals surface area (Å²) in [6.45, 7) is 1.77. The fraction of sp³-hybridized carbons (Fsp3) is 0.800. The highest BCUT2D eigenvalue weighted by atomic mass is 32.2. The zero-order chi connectivity index (χ0) is 8.15. The normalized spacial score (nSPS) is 16.2. The van der Waals surface area contributed by atoms with Gasteiger partial charge in [-0.3, -0.25) is 9.00 Å². The molecule has 0 radical (unpaired) electrons. The number of hydrogen-bond donors (Lipinski definition) is 2. The van der Waals surface area contributed by atoms with Gasteiger partial charge in [-0.05, 0) is 0 Å². The lowest BCUT2D eigenvalue weighted by Crippen LogP contribution is -2.40. The van der Waals surface area contributed by atoms with Crippen molar-refractivity contribution in [2.24, 2.45) is 11.5 Å². The Bertz CT molecular complexity index is 149. The lowest BCUT2D eigenvalue weighted by Gasteiger charge is -2.04. The van der Waals surface area contributed by atoms with Crippen molar-refractivity contribution in [2.45, 2.75) is 13.0 Å². The predicted molar refractivity (Wildman–Crippen MR) is 40.7 cm³/mol. The SMILES string of the molecule is CCS(=O)CC(N)C(N)=O. The number of amides is 1. The summed E-state index contributed by atoms with van der Waals surface area (Å²) in [5.41, 5.74) is 10.1. The van der Waals surface area contributed by atoms with E-state index in [2.05, 4.69) is 0 Å². The zero-order valence-corrected chi connectivity index (χ0v) is 6.69. The Hall–Kier alpha value is -0.420. The molecule has 0 aromatic rings. The van der Waals surface area contributed by atoms with Gasteiger partial charge in [0.25, 0.3) is 0 Å². The Morgan fingerprint density at radius 1 is 1.70 bits per heavy atom. The molecule has 0 saturated heterocycles. The molecule has 0 aromatic carbocycles. The molecule has 60 valence electrons. The third-order valence-corrected chi connectivity index (χ3v) is 2.43. The molecular weight excluding hydrogens is 152 g/mol. The van der Waals surface area contributed by atoms with E-state index < -0.39 is 22.7 Å². The first-order chi connectivity index (χ1) is 4.57. The van der Waals surface area contributed by atoms with E-state index in [1.165, 1.54) is 0 Å². The van der Waals surface area contributed by atoms with Crippen molar-refractivity contribution < 1.29 is 9.00 Å². The van der Waals surface area contributed by atoms with Crippen LogP contribution in [0.15, 0.2) is 0 Å². The van der Waals surface area contributed by atoms with Crippen LogP contribution in [0.2, 0.25) is 0 Å². The van der Waals surface area contributed by atoms with Gasteiger partial charge in [0.15, 0.2) is 0 Å². The van der Waals surface area contributed by atoms with Crippen LogP contribution in [-0.4, -0.2) is 27.7 Å². The summed E-state index contributed by atoms with van der Waals surface area (Å²) in [5, 5.41) is 0. The smallest absolute Gasteiger partial charge is 0.235 e. The molecular formula is C5H12N2O2S. The summed E-state index contributed by atoms with van der Waals surface area (Å²) in [6.07, 6.45) is 0. The summed E-state index contributed by atoms with van der Waals surface area (Å²) in [6, 6.07) is -0.763. The number of carbonyl (C=O) groups excluding carboxylic acids is 1. The van der Waals surface area contributed by atoms with Crippen molar-refractivity contribution in [3.63, 3.8) is 0 Å². The molecule has 4 N–H and O–H groups in total. The van der Waals surface area contributed by atoms with E-state index in [1.807, 2.05) is 0 Å². The van der Waals surface area contributed by atoms with Crippen LogP contribution in [0.25, 0.3) is 0 Å². The Balaban J connectivity index is 3.68. The van der Waals surface area contributed by atoms with E-state index in [9.17, 15) is 9.00 Å². The van der Waals surface area contributed by atoms with Crippen LogP contribution in [0.3, 0.4) is 0 Å². The van der Waals surface area contributed by atoms with Gasteiger partial charge in [0, 0.05) is 22.3 Å². The molecule has 4 nitrogen and oxygen atoms in total. The molecule has 0 fully saturated rings. The van der Waals surface area contributed by atoms with Gasteiger partial charge in [-0.1, -0.05) is 6.92 Å². The van der Waals surface area contributed by atoms with Crippen molar-refractivity contribution in [3.05, 3.63) is 0 Å². The van der Waals surface area contributed by atoms with Crippen LogP contribution in [0.4, 0.5) is 0 Å². The Kier molecular flexibility index (Phi) is 4.22. The zero-order valence-electron chi connectivity index (χ0n) is 5.87. The summed E-state index contributed by atoms with van der Waals surface area (Å²) in [5.74, 6) is 0.0918. The van der Waals surface area contributed by atoms with Gasteiger partial charge in [-0.15, -0.1) is 0 Å². The lowest BCUT2D eigenvalue weighted by atomic mass is 10.3. The Morgan fingerprint density at radius 3 is 2.50 bits per heavy atom. The van der Waals surface area contributed by atoms with Crippen molar-refractivity contribution in [3.8, 4) is 0 Å². The van der Waals surface area contributed by atoms with Gasteiger partial charge < -0.3 is 11.5 Å². The topological polar surface area (TPSA) is 86.2 Å². The van der Waals surface area contributed by atoms with Crippen LogP contribution in [0, 0.1) is 0 Å². The predicted octanol–water partition coefficient (Wildman–Crippen LogP) is -1.43. The van der Waals surface area contributed by atoms with Crippen LogP contribution in [0.5, 0.6) is 0 Å². The minimum Gasteiger partial charge on any atom is -0.368 e. The molecule has 0 aliphatic carbocycles. The van der Waals surface area contributed by atoms with E-state index in [4.69, 9.17) is 11.5 Å². The van der Waals surface area contributed by atoms with Crippen LogP contribution in [0.1, 0.15) is 6.92 Å². The molecule has 0 rings (SSSR count). The number of carbonyl (C=O) groups is 1. The molecule has 10 heavy (non-hydrogen) atoms. The summed E-state index contributed by atoms with van der Waals surface area (Å²) in [4.78, 5) is 10.3. The molecule has 0 saturated carbocycles. The van der Waals surface area contributed by atoms with E-state index in [0.717, 1.165) is 0 Å². The Morgan fingerprint density at radius 2 is 2.20 bits per heavy atom. The van der Waals surface area contributed by atoms with E-state index in [1.54, 1.807) is 6.92 Å². The van der Waals surface area contributed by atoms with Crippen LogP contribution in [-0.2, 0) is 15.6 Å². The average Bonchev–Trinajstić information content (AvgIpc) is 1.87. The maximum absolute atomic E-state index is 10.8. The maximum Gasteiger partial charge on any atom is 0.235 e. The quantitative estimate of drug-likeness (QED) is 0.534. The molecule has 2 unspecified atom stereocenters. The third-order valence-electron chi connectivity index (χ3n) is 1.05. The molecule has 0 aliphatic rings. The minimum atomic E-state index is -1.00. The fourth-order valence-electron chi connectivity index (χ4n) is 0.400. The highest BCUT2D eigenvalue weighted by Gasteiger charge is 2.11. The maximum atomic E-state index is 10.8. The number of hydrogen-bond acceptors (Lipinski definition) is 3. The highest BCUT2D eigenvalue weighted by molar-refractivity contribution is 7.85. The minimum absolute atomic E-state index is 0.172. The summed E-state index contributed by atoms with van der Waals surface area (Å²) in [7, 11) is -1.00. The number of nitrogens with two attached hydrogens (primary N) is 2. The van der Waals surface area contributed by atoms with E-state index in [0.29, 0.717) is 5.75 Å². The van der Waals surface area contributed by atoms with Crippen LogP contribution >= 0.6 is 0 Å². The molecule has 0 aromatic heterocycles. The van der Waals surface area contributed by atoms with Crippen molar-refractivity contribution >= 4 is 16.7 Å². The van der Waals surface area contributed by atoms with E-state index >= 15 is 0 Å². The molecule has 1 amide bonds. The van der Waals surface area contributed by atoms with E-state index in [-0.39, 0.29) is 5.75 Å². The molecule has 5 heteroatoms. The standard InChI is InChI=1S/C5H12N2O2S/c1-2-10(9)3-4(6)5(7)8/h4H,2-3,6H2,1H3,(H2,7,8). The van der Waals surface area contributed by atoms with Crippen molar-refractivity contribution in [1.82, 2.24) is 0 Å². The van der Waals surface area contributed by atoms with Crippen molar-refractivity contribution in [1.29, 1.82) is 0 Å². The van der Waals surface area contributed by atoms with Gasteiger partial charge in [0.05, 0.1) is 6.04 Å². The molecule has 0 bridgehead atoms. The molecule has 2 atom stereocenters. The van der Waals surface area contributed by atoms with Crippen LogP contribution < -0.4 is 11.5 Å². The summed E-state index contributed by atoms with van der Waals surface area (Å²) >= 11 is 0. The highest BCUT2D eigenvalue weighted by Crippen LogP contribution is 1.85. The Labute approximate surface area is 62.4 Å². The largest absolute Gasteiger partial charge is 0.368 e. The lowest BCUT2D eigenvalue weighted by molar-refractivity contribution is -0.118. The first-order valence-electron chi connectivity index (χ1n) is 2.97. The third kappa shape index (κ3) is 3.58. The first kappa shape index (κ1) is 9.58. The number of primary amides is 1. The average molecular weight is 164 g/mol. The first-order valence-corrected chi connectivity index (χ1v) is 4.46. The van der Waals surface area contributed by atoms with Gasteiger partial charge in [-0.2, -0.15) is 0 Å². The van der Waals surface area contributed by atoms with Gasteiger partial charge in [0.2, 0.25) is 5.91 Å². The van der Waals surface area contributed by atoms with Gasteiger partial charge in [-0.25, -0.2) is 0 Å². The van der Waals surface area contributed by atoms with Gasteiger partial charge >= 0.3 is 0 Å². The summed E-state index contributed by atoms with van der Waals surface area (Å²) < 4.78 is 10.8. The fourth-order valence-corrected chi connectivity index (χ4v) is 1.20. The second-order valence-electron chi connectivity index (χ2n) is 1.90. The van der Waals surface area contributed by atoms with Gasteiger partial charge in [0.1, 0.15) is 0 Å². The molecule has 0 spiro atoms.